The molecular formula is C32H29F6N3O4. The quantitative estimate of drug-likeness (QED) is 0.284. The van der Waals surface area contributed by atoms with Crippen LogP contribution in [0.5, 0.6) is 0 Å². The minimum absolute atomic E-state index is 0.0555. The number of nitrogens with one attached hydrogen (secondary N) is 1. The summed E-state index contributed by atoms with van der Waals surface area (Å²) in [5.74, 6) is -0.414. The van der Waals surface area contributed by atoms with Crippen LogP contribution < -0.4 is 5.32 Å². The number of piperidine rings is 1. The summed E-state index contributed by atoms with van der Waals surface area (Å²) in [6, 6.07) is 18.8. The molecule has 3 aromatic rings. The van der Waals surface area contributed by atoms with E-state index < -0.39 is 52.7 Å². The summed E-state index contributed by atoms with van der Waals surface area (Å²) in [5.41, 5.74) is -4.61. The van der Waals surface area contributed by atoms with Gasteiger partial charge in [0.1, 0.15) is 6.61 Å². The number of carbonyl (C=O) groups is 2. The van der Waals surface area contributed by atoms with Crippen molar-refractivity contribution in [3.8, 4) is 0 Å². The molecule has 1 saturated heterocycles. The molecule has 0 aromatic heterocycles. The summed E-state index contributed by atoms with van der Waals surface area (Å²) in [6.07, 6.45) is -10.6. The third-order valence-corrected chi connectivity index (χ3v) is 8.21. The normalized spacial score (nSPS) is 22.4. The van der Waals surface area contributed by atoms with Crippen LogP contribution in [-0.2, 0) is 38.8 Å². The highest BCUT2D eigenvalue weighted by molar-refractivity contribution is 6.00. The van der Waals surface area contributed by atoms with Crippen LogP contribution in [0.4, 0.5) is 31.1 Å². The maximum atomic E-state index is 13.8. The average molecular weight is 634 g/mol. The van der Waals surface area contributed by atoms with Crippen molar-refractivity contribution in [2.24, 2.45) is 4.99 Å². The predicted octanol–water partition coefficient (Wildman–Crippen LogP) is 7.03. The highest BCUT2D eigenvalue weighted by Gasteiger charge is 2.56. The second-order valence-electron chi connectivity index (χ2n) is 11.1. The van der Waals surface area contributed by atoms with E-state index in [-0.39, 0.29) is 44.2 Å². The van der Waals surface area contributed by atoms with Crippen molar-refractivity contribution in [3.63, 3.8) is 0 Å². The number of benzene rings is 3. The molecule has 2 heterocycles. The third kappa shape index (κ3) is 6.68. The van der Waals surface area contributed by atoms with E-state index in [2.05, 4.69) is 10.3 Å². The Labute approximate surface area is 254 Å². The standard InChI is InChI=1S/C32H29F6N3O4/c1-21(23-14-25(31(33,34)35)16-26(15-23)32(36,37)38)45-19-30(24-10-6-3-7-11-24)13-12-29(27(42)39-20-40-29)18-41(30)28(43)44-17-22-8-4-2-5-9-22/h2-11,14-16,20-21H,12-13,17-19H2,1H3,(H,39,40,42)/t21-,29?,30+/m1/s1. The third-order valence-electron chi connectivity index (χ3n) is 8.21. The molecule has 1 fully saturated rings. The summed E-state index contributed by atoms with van der Waals surface area (Å²) >= 11 is 0. The zero-order valence-corrected chi connectivity index (χ0v) is 24.0. The van der Waals surface area contributed by atoms with E-state index in [0.29, 0.717) is 23.3 Å². The van der Waals surface area contributed by atoms with E-state index in [9.17, 15) is 35.9 Å². The van der Waals surface area contributed by atoms with E-state index in [0.717, 1.165) is 0 Å². The van der Waals surface area contributed by atoms with Crippen LogP contribution in [0, 0.1) is 0 Å². The number of rotatable bonds is 7. The van der Waals surface area contributed by atoms with Crippen LogP contribution in [0.1, 0.15) is 53.7 Å². The molecule has 2 amide bonds. The zero-order valence-electron chi connectivity index (χ0n) is 24.0. The Balaban J connectivity index is 1.51. The van der Waals surface area contributed by atoms with Crippen LogP contribution in [0.3, 0.4) is 0 Å². The first kappa shape index (κ1) is 32.0. The minimum Gasteiger partial charge on any atom is -0.445 e. The number of alkyl halides is 6. The smallest absolute Gasteiger partial charge is 0.416 e. The van der Waals surface area contributed by atoms with Crippen LogP contribution in [0.2, 0.25) is 0 Å². The van der Waals surface area contributed by atoms with Gasteiger partial charge in [-0.05, 0) is 54.7 Å². The number of aliphatic imine (C=N–C) groups is 1. The van der Waals surface area contributed by atoms with Gasteiger partial charge in [0.25, 0.3) is 5.91 Å². The molecular weight excluding hydrogens is 604 g/mol. The van der Waals surface area contributed by atoms with Gasteiger partial charge in [-0.2, -0.15) is 26.3 Å². The van der Waals surface area contributed by atoms with Crippen molar-refractivity contribution in [2.45, 2.75) is 55.9 Å². The summed E-state index contributed by atoms with van der Waals surface area (Å²) in [7, 11) is 0. The molecule has 3 atom stereocenters. The van der Waals surface area contributed by atoms with E-state index in [4.69, 9.17) is 9.47 Å². The molecule has 45 heavy (non-hydrogen) atoms. The van der Waals surface area contributed by atoms with Crippen LogP contribution >= 0.6 is 0 Å². The Kier molecular flexibility index (Phi) is 8.67. The fourth-order valence-electron chi connectivity index (χ4n) is 5.63. The zero-order chi connectivity index (χ0) is 32.5. The minimum atomic E-state index is -5.03. The Hall–Kier alpha value is -4.39. The lowest BCUT2D eigenvalue weighted by atomic mass is 9.74. The van der Waals surface area contributed by atoms with Gasteiger partial charge in [-0.3, -0.25) is 14.7 Å². The first-order valence-electron chi connectivity index (χ1n) is 14.0. The average Bonchev–Trinajstić information content (AvgIpc) is 3.37. The number of hydrogen-bond acceptors (Lipinski definition) is 5. The van der Waals surface area contributed by atoms with Crippen LogP contribution in [0.15, 0.2) is 83.9 Å². The molecule has 13 heteroatoms. The highest BCUT2D eigenvalue weighted by Crippen LogP contribution is 2.45. The largest absolute Gasteiger partial charge is 0.445 e. The van der Waals surface area contributed by atoms with Gasteiger partial charge >= 0.3 is 18.4 Å². The number of nitrogens with zero attached hydrogens (tertiary/aromatic N) is 2. The molecule has 7 nitrogen and oxygen atoms in total. The lowest BCUT2D eigenvalue weighted by Crippen LogP contribution is -2.63. The SMILES string of the molecule is C[C@@H](OC[C@]1(c2ccccc2)CCC2(CN1C(=O)OCc1ccccc1)N=CNC2=O)c1cc(C(F)(F)F)cc(C(F)(F)F)c1. The highest BCUT2D eigenvalue weighted by atomic mass is 19.4. The van der Waals surface area contributed by atoms with Gasteiger partial charge in [-0.1, -0.05) is 60.7 Å². The molecule has 0 radical (unpaired) electrons. The molecule has 0 aliphatic carbocycles. The molecule has 3 aromatic carbocycles. The van der Waals surface area contributed by atoms with E-state index in [1.807, 2.05) is 0 Å². The first-order chi connectivity index (χ1) is 21.2. The van der Waals surface area contributed by atoms with Gasteiger partial charge in [-0.15, -0.1) is 0 Å². The van der Waals surface area contributed by atoms with Crippen molar-refractivity contribution in [1.82, 2.24) is 10.2 Å². The maximum Gasteiger partial charge on any atom is 0.416 e. The number of amides is 2. The monoisotopic (exact) mass is 633 g/mol. The van der Waals surface area contributed by atoms with Crippen molar-refractivity contribution in [1.29, 1.82) is 0 Å². The Bertz CT molecular complexity index is 1530. The van der Waals surface area contributed by atoms with Gasteiger partial charge < -0.3 is 14.8 Å². The van der Waals surface area contributed by atoms with Gasteiger partial charge in [0.05, 0.1) is 42.3 Å². The van der Waals surface area contributed by atoms with Crippen molar-refractivity contribution < 1.29 is 45.4 Å². The number of hydrogen-bond donors (Lipinski definition) is 1. The summed E-state index contributed by atoms with van der Waals surface area (Å²) < 4.78 is 93.1. The summed E-state index contributed by atoms with van der Waals surface area (Å²) in [6.45, 7) is 0.700. The molecule has 1 unspecified atom stereocenters. The Morgan fingerprint density at radius 3 is 2.09 bits per heavy atom. The number of carbonyl (C=O) groups excluding carboxylic acids is 2. The first-order valence-corrected chi connectivity index (χ1v) is 14.0. The summed E-state index contributed by atoms with van der Waals surface area (Å²) in [5, 5.41) is 2.55. The fourth-order valence-corrected chi connectivity index (χ4v) is 5.63. The van der Waals surface area contributed by atoms with E-state index in [1.54, 1.807) is 60.7 Å². The van der Waals surface area contributed by atoms with Gasteiger partial charge in [-0.25, -0.2) is 4.79 Å². The van der Waals surface area contributed by atoms with Gasteiger partial charge in [0, 0.05) is 0 Å². The topological polar surface area (TPSA) is 80.2 Å². The van der Waals surface area contributed by atoms with Gasteiger partial charge in [0.2, 0.25) is 0 Å². The molecule has 5 rings (SSSR count). The van der Waals surface area contributed by atoms with E-state index >= 15 is 0 Å². The molecule has 1 spiro atoms. The number of ether oxygens (including phenoxy) is 2. The van der Waals surface area contributed by atoms with Crippen LogP contribution in [0.25, 0.3) is 0 Å². The van der Waals surface area contributed by atoms with E-state index in [1.165, 1.54) is 18.2 Å². The molecule has 0 saturated carbocycles. The lowest BCUT2D eigenvalue weighted by Gasteiger charge is -2.50. The van der Waals surface area contributed by atoms with Crippen molar-refractivity contribution >= 4 is 18.3 Å². The second-order valence-corrected chi connectivity index (χ2v) is 11.1. The molecule has 2 aliphatic rings. The van der Waals surface area contributed by atoms with Crippen LogP contribution in [-0.4, -0.2) is 41.9 Å². The molecule has 238 valence electrons. The predicted molar refractivity (Wildman–Crippen MR) is 151 cm³/mol. The maximum absolute atomic E-state index is 13.8. The Morgan fingerprint density at radius 2 is 1.53 bits per heavy atom. The lowest BCUT2D eigenvalue weighted by molar-refractivity contribution is -0.143. The molecule has 1 N–H and O–H groups in total. The molecule has 2 aliphatic heterocycles. The van der Waals surface area contributed by atoms with Gasteiger partial charge in [0.15, 0.2) is 5.54 Å². The number of halogens is 6. The van der Waals surface area contributed by atoms with Crippen molar-refractivity contribution in [2.75, 3.05) is 13.2 Å². The number of likely N-dealkylation sites (tertiary alicyclic amines) is 1. The molecule has 0 bridgehead atoms. The van der Waals surface area contributed by atoms with Crippen molar-refractivity contribution in [3.05, 3.63) is 107 Å². The fraction of sp³-hybridized carbons (Fsp3) is 0.344. The second kappa shape index (κ2) is 12.2. The Morgan fingerprint density at radius 1 is 0.933 bits per heavy atom. The summed E-state index contributed by atoms with van der Waals surface area (Å²) in [4.78, 5) is 32.4.